The summed E-state index contributed by atoms with van der Waals surface area (Å²) in [5.41, 5.74) is 3.58. The Morgan fingerprint density at radius 2 is 1.58 bits per heavy atom. The van der Waals surface area contributed by atoms with Gasteiger partial charge in [0.1, 0.15) is 0 Å². The van der Waals surface area contributed by atoms with Gasteiger partial charge in [-0.05, 0) is 34.9 Å². The summed E-state index contributed by atoms with van der Waals surface area (Å²) in [5.74, 6) is 1.18. The van der Waals surface area contributed by atoms with Gasteiger partial charge in [-0.1, -0.05) is 54.1 Å². The Bertz CT molecular complexity index is 1180. The molecule has 3 aromatic carbocycles. The Kier molecular flexibility index (Phi) is 5.92. The summed E-state index contributed by atoms with van der Waals surface area (Å²) in [4.78, 5) is 29.3. The molecule has 3 aromatic rings. The lowest BCUT2D eigenvalue weighted by atomic mass is 10.0. The van der Waals surface area contributed by atoms with Crippen LogP contribution in [-0.2, 0) is 11.3 Å². The van der Waals surface area contributed by atoms with Crippen LogP contribution in [0, 0.1) is 0 Å². The van der Waals surface area contributed by atoms with Gasteiger partial charge in [-0.25, -0.2) is 0 Å². The van der Waals surface area contributed by atoms with Gasteiger partial charge in [-0.3, -0.25) is 9.59 Å². The first-order valence-corrected chi connectivity index (χ1v) is 11.3. The van der Waals surface area contributed by atoms with Crippen molar-refractivity contribution in [1.29, 1.82) is 0 Å². The van der Waals surface area contributed by atoms with Gasteiger partial charge in [0.05, 0.1) is 0 Å². The standard InChI is InChI=1S/C26H23ClN2O4/c27-22-15-24-23(32-17-33-24)14-21(22)16-29-13-12-28(11-10-25(29)30)26(31)20-8-6-19(7-9-20)18-4-2-1-3-5-18/h1-9,14-15H,10-13,16-17H2. The molecule has 0 radical (unpaired) electrons. The molecule has 33 heavy (non-hydrogen) atoms. The highest BCUT2D eigenvalue weighted by molar-refractivity contribution is 6.31. The van der Waals surface area contributed by atoms with Crippen LogP contribution in [0.3, 0.4) is 0 Å². The van der Waals surface area contributed by atoms with Crippen LogP contribution < -0.4 is 9.47 Å². The molecule has 0 unspecified atom stereocenters. The molecule has 2 heterocycles. The average molecular weight is 463 g/mol. The molecule has 0 aliphatic carbocycles. The third kappa shape index (κ3) is 4.52. The second kappa shape index (κ2) is 9.16. The summed E-state index contributed by atoms with van der Waals surface area (Å²) in [6.07, 6.45) is 0.274. The number of hydrogen-bond acceptors (Lipinski definition) is 4. The molecule has 5 rings (SSSR count). The molecule has 2 aliphatic heterocycles. The van der Waals surface area contributed by atoms with E-state index in [1.54, 1.807) is 15.9 Å². The second-order valence-corrected chi connectivity index (χ2v) is 8.50. The van der Waals surface area contributed by atoms with E-state index in [4.69, 9.17) is 21.1 Å². The zero-order valence-electron chi connectivity index (χ0n) is 18.0. The summed E-state index contributed by atoms with van der Waals surface area (Å²) in [6.45, 7) is 1.83. The van der Waals surface area contributed by atoms with Gasteiger partial charge < -0.3 is 19.3 Å². The largest absolute Gasteiger partial charge is 0.454 e. The third-order valence-corrected chi connectivity index (χ3v) is 6.37. The fraction of sp³-hybridized carbons (Fsp3) is 0.231. The number of carbonyl (C=O) groups excluding carboxylic acids is 2. The van der Waals surface area contributed by atoms with Gasteiger partial charge in [0.2, 0.25) is 12.7 Å². The molecular formula is C26H23ClN2O4. The number of carbonyl (C=O) groups is 2. The van der Waals surface area contributed by atoms with Gasteiger partial charge >= 0.3 is 0 Å². The van der Waals surface area contributed by atoms with Crippen molar-refractivity contribution >= 4 is 23.4 Å². The maximum atomic E-state index is 13.1. The molecule has 0 N–H and O–H groups in total. The maximum Gasteiger partial charge on any atom is 0.253 e. The number of benzene rings is 3. The number of nitrogens with zero attached hydrogens (tertiary/aromatic N) is 2. The number of hydrogen-bond donors (Lipinski definition) is 0. The maximum absolute atomic E-state index is 13.1. The van der Waals surface area contributed by atoms with Crippen molar-refractivity contribution in [3.63, 3.8) is 0 Å². The van der Waals surface area contributed by atoms with Crippen LogP contribution in [0.5, 0.6) is 11.5 Å². The Morgan fingerprint density at radius 1 is 0.879 bits per heavy atom. The summed E-state index contributed by atoms with van der Waals surface area (Å²) in [5, 5.41) is 0.530. The normalized spacial score (nSPS) is 15.5. The molecule has 0 spiro atoms. The SMILES string of the molecule is O=C1CCN(C(=O)c2ccc(-c3ccccc3)cc2)CCN1Cc1cc2c(cc1Cl)OCO2. The predicted octanol–water partition coefficient (Wildman–Crippen LogP) is 4.61. The Labute approximate surface area is 197 Å². The van der Waals surface area contributed by atoms with Crippen molar-refractivity contribution in [2.24, 2.45) is 0 Å². The molecule has 0 atom stereocenters. The van der Waals surface area contributed by atoms with Crippen molar-refractivity contribution in [2.75, 3.05) is 26.4 Å². The average Bonchev–Trinajstić information content (AvgIpc) is 3.22. The Hall–Kier alpha value is -3.51. The van der Waals surface area contributed by atoms with Crippen LogP contribution in [0.2, 0.25) is 5.02 Å². The number of rotatable bonds is 4. The van der Waals surface area contributed by atoms with Crippen LogP contribution in [0.4, 0.5) is 0 Å². The molecule has 1 fully saturated rings. The van der Waals surface area contributed by atoms with Gasteiger partial charge in [0, 0.05) is 49.3 Å². The van der Waals surface area contributed by atoms with E-state index in [1.807, 2.05) is 60.7 Å². The minimum atomic E-state index is -0.0645. The van der Waals surface area contributed by atoms with E-state index in [9.17, 15) is 9.59 Å². The first kappa shape index (κ1) is 21.3. The number of amides is 2. The monoisotopic (exact) mass is 462 g/mol. The van der Waals surface area contributed by atoms with E-state index in [0.29, 0.717) is 48.3 Å². The van der Waals surface area contributed by atoms with E-state index < -0.39 is 0 Å². The van der Waals surface area contributed by atoms with Crippen molar-refractivity contribution in [1.82, 2.24) is 9.80 Å². The van der Waals surface area contributed by atoms with Gasteiger partial charge in [-0.15, -0.1) is 0 Å². The fourth-order valence-electron chi connectivity index (χ4n) is 4.14. The minimum absolute atomic E-state index is 0.00143. The number of halogens is 1. The van der Waals surface area contributed by atoms with Crippen molar-refractivity contribution < 1.29 is 19.1 Å². The summed E-state index contributed by atoms with van der Waals surface area (Å²) in [7, 11) is 0. The second-order valence-electron chi connectivity index (χ2n) is 8.10. The summed E-state index contributed by atoms with van der Waals surface area (Å²) >= 11 is 6.39. The summed E-state index contributed by atoms with van der Waals surface area (Å²) in [6, 6.07) is 21.2. The van der Waals surface area contributed by atoms with E-state index in [1.165, 1.54) is 0 Å². The molecule has 168 valence electrons. The third-order valence-electron chi connectivity index (χ3n) is 6.02. The fourth-order valence-corrected chi connectivity index (χ4v) is 4.35. The van der Waals surface area contributed by atoms with Crippen LogP contribution in [-0.4, -0.2) is 48.0 Å². The molecule has 0 aromatic heterocycles. The molecule has 1 saturated heterocycles. The van der Waals surface area contributed by atoms with E-state index in [-0.39, 0.29) is 25.0 Å². The lowest BCUT2D eigenvalue weighted by molar-refractivity contribution is -0.130. The highest BCUT2D eigenvalue weighted by Gasteiger charge is 2.26. The zero-order valence-corrected chi connectivity index (χ0v) is 18.8. The highest BCUT2D eigenvalue weighted by Crippen LogP contribution is 2.37. The Morgan fingerprint density at radius 3 is 2.33 bits per heavy atom. The van der Waals surface area contributed by atoms with Gasteiger partial charge in [0.25, 0.3) is 5.91 Å². The topological polar surface area (TPSA) is 59.1 Å². The van der Waals surface area contributed by atoms with Crippen LogP contribution in [0.25, 0.3) is 11.1 Å². The van der Waals surface area contributed by atoms with E-state index in [0.717, 1.165) is 16.7 Å². The highest BCUT2D eigenvalue weighted by atomic mass is 35.5. The molecule has 0 saturated carbocycles. The van der Waals surface area contributed by atoms with E-state index >= 15 is 0 Å². The lowest BCUT2D eigenvalue weighted by Gasteiger charge is -2.23. The van der Waals surface area contributed by atoms with E-state index in [2.05, 4.69) is 0 Å². The van der Waals surface area contributed by atoms with Crippen LogP contribution in [0.1, 0.15) is 22.3 Å². The van der Waals surface area contributed by atoms with Crippen molar-refractivity contribution in [3.05, 3.63) is 82.9 Å². The first-order chi connectivity index (χ1) is 16.1. The van der Waals surface area contributed by atoms with Crippen molar-refractivity contribution in [3.8, 4) is 22.6 Å². The quantitative estimate of drug-likeness (QED) is 0.568. The minimum Gasteiger partial charge on any atom is -0.454 e. The lowest BCUT2D eigenvalue weighted by Crippen LogP contribution is -2.35. The smallest absolute Gasteiger partial charge is 0.253 e. The van der Waals surface area contributed by atoms with Crippen molar-refractivity contribution in [2.45, 2.75) is 13.0 Å². The molecular weight excluding hydrogens is 440 g/mol. The predicted molar refractivity (Wildman–Crippen MR) is 125 cm³/mol. The molecule has 6 nitrogen and oxygen atoms in total. The molecule has 2 aliphatic rings. The first-order valence-electron chi connectivity index (χ1n) is 10.9. The molecule has 2 amide bonds. The molecule has 7 heteroatoms. The van der Waals surface area contributed by atoms with Gasteiger partial charge in [-0.2, -0.15) is 0 Å². The van der Waals surface area contributed by atoms with Crippen LogP contribution in [0.15, 0.2) is 66.7 Å². The Balaban J connectivity index is 1.26. The van der Waals surface area contributed by atoms with Gasteiger partial charge in [0.15, 0.2) is 11.5 Å². The number of ether oxygens (including phenoxy) is 2. The molecule has 0 bridgehead atoms. The van der Waals surface area contributed by atoms with Crippen LogP contribution >= 0.6 is 11.6 Å². The zero-order chi connectivity index (χ0) is 22.8. The number of fused-ring (bicyclic) bond motifs is 1. The summed E-state index contributed by atoms with van der Waals surface area (Å²) < 4.78 is 10.8.